The molecule has 112 valence electrons. The lowest BCUT2D eigenvalue weighted by molar-refractivity contribution is 0.242. The Kier molecular flexibility index (Phi) is 7.48. The van der Waals surface area contributed by atoms with E-state index in [1.807, 2.05) is 6.07 Å². The molecule has 0 spiro atoms. The van der Waals surface area contributed by atoms with Crippen LogP contribution in [0.15, 0.2) is 22.7 Å². The summed E-state index contributed by atoms with van der Waals surface area (Å²) >= 11 is 8.50. The predicted octanol–water partition coefficient (Wildman–Crippen LogP) is 3.59. The first-order valence-electron chi connectivity index (χ1n) is 6.75. The summed E-state index contributed by atoms with van der Waals surface area (Å²) in [6.07, 6.45) is 0.763. The Labute approximate surface area is 135 Å². The molecule has 0 atom stereocenters. The van der Waals surface area contributed by atoms with Gasteiger partial charge >= 0.3 is 0 Å². The third-order valence-electron chi connectivity index (χ3n) is 2.92. The summed E-state index contributed by atoms with van der Waals surface area (Å²) in [5.41, 5.74) is 6.86. The molecule has 1 rings (SSSR count). The van der Waals surface area contributed by atoms with Crippen molar-refractivity contribution >= 4 is 33.1 Å². The maximum atomic E-state index is 5.61. The zero-order chi connectivity index (χ0) is 15.1. The molecule has 0 amide bonds. The minimum Gasteiger partial charge on any atom is -0.496 e. The van der Waals surface area contributed by atoms with Crippen molar-refractivity contribution in [3.05, 3.63) is 28.2 Å². The van der Waals surface area contributed by atoms with Gasteiger partial charge < -0.3 is 10.5 Å². The largest absolute Gasteiger partial charge is 0.496 e. The summed E-state index contributed by atoms with van der Waals surface area (Å²) in [6.45, 7) is 7.27. The molecule has 5 heteroatoms. The van der Waals surface area contributed by atoms with Crippen molar-refractivity contribution in [1.82, 2.24) is 4.90 Å². The molecule has 1 aromatic carbocycles. The maximum Gasteiger partial charge on any atom is 0.133 e. The number of methoxy groups -OCH3 is 1. The predicted molar refractivity (Wildman–Crippen MR) is 92.2 cm³/mol. The highest BCUT2D eigenvalue weighted by atomic mass is 79.9. The van der Waals surface area contributed by atoms with Crippen LogP contribution in [0.4, 0.5) is 0 Å². The number of thiocarbonyl (C=S) groups is 1. The normalized spacial score (nSPS) is 11.1. The van der Waals surface area contributed by atoms with Gasteiger partial charge in [0.05, 0.1) is 16.6 Å². The number of hydrogen-bond acceptors (Lipinski definition) is 3. The average molecular weight is 359 g/mol. The summed E-state index contributed by atoms with van der Waals surface area (Å²) in [6, 6.07) is 6.19. The lowest BCUT2D eigenvalue weighted by Crippen LogP contribution is -2.30. The number of rotatable bonds is 8. The van der Waals surface area contributed by atoms with Crippen LogP contribution in [0.3, 0.4) is 0 Å². The van der Waals surface area contributed by atoms with Crippen LogP contribution in [0.5, 0.6) is 5.75 Å². The minimum absolute atomic E-state index is 0.578. The van der Waals surface area contributed by atoms with Crippen LogP contribution in [0.2, 0.25) is 0 Å². The third-order valence-corrected chi connectivity index (χ3v) is 3.74. The minimum atomic E-state index is 0.578. The van der Waals surface area contributed by atoms with Crippen molar-refractivity contribution in [2.24, 2.45) is 11.7 Å². The highest BCUT2D eigenvalue weighted by Gasteiger charge is 2.10. The summed E-state index contributed by atoms with van der Waals surface area (Å²) in [4.78, 5) is 2.97. The van der Waals surface area contributed by atoms with Crippen LogP contribution >= 0.6 is 28.1 Å². The van der Waals surface area contributed by atoms with Crippen LogP contribution in [0.25, 0.3) is 0 Å². The summed E-state index contributed by atoms with van der Waals surface area (Å²) in [7, 11) is 1.67. The van der Waals surface area contributed by atoms with Crippen molar-refractivity contribution in [3.63, 3.8) is 0 Å². The Morgan fingerprint density at radius 3 is 2.65 bits per heavy atom. The Morgan fingerprint density at radius 2 is 2.15 bits per heavy atom. The lowest BCUT2D eigenvalue weighted by atomic mass is 10.1. The molecule has 0 fully saturated rings. The molecular weight excluding hydrogens is 336 g/mol. The SMILES string of the molecule is COc1ccc(CN(CCC(N)=S)CC(C)C)cc1Br. The molecule has 0 aromatic heterocycles. The lowest BCUT2D eigenvalue weighted by Gasteiger charge is -2.24. The Hall–Kier alpha value is -0.650. The number of benzene rings is 1. The molecule has 0 aliphatic carbocycles. The van der Waals surface area contributed by atoms with E-state index in [1.165, 1.54) is 5.56 Å². The summed E-state index contributed by atoms with van der Waals surface area (Å²) < 4.78 is 6.24. The molecule has 0 aliphatic rings. The van der Waals surface area contributed by atoms with E-state index in [1.54, 1.807) is 7.11 Å². The van der Waals surface area contributed by atoms with Gasteiger partial charge in [0, 0.05) is 26.1 Å². The van der Waals surface area contributed by atoms with E-state index in [9.17, 15) is 0 Å². The van der Waals surface area contributed by atoms with Crippen molar-refractivity contribution in [2.75, 3.05) is 20.2 Å². The van der Waals surface area contributed by atoms with E-state index in [2.05, 4.69) is 46.8 Å². The zero-order valence-corrected chi connectivity index (χ0v) is 14.8. The van der Waals surface area contributed by atoms with Gasteiger partial charge in [-0.1, -0.05) is 32.1 Å². The second-order valence-electron chi connectivity index (χ2n) is 5.31. The maximum absolute atomic E-state index is 5.61. The van der Waals surface area contributed by atoms with Gasteiger partial charge in [0.2, 0.25) is 0 Å². The van der Waals surface area contributed by atoms with Crippen LogP contribution < -0.4 is 10.5 Å². The van der Waals surface area contributed by atoms with Gasteiger partial charge in [-0.2, -0.15) is 0 Å². The topological polar surface area (TPSA) is 38.5 Å². The Morgan fingerprint density at radius 1 is 1.45 bits per heavy atom. The fraction of sp³-hybridized carbons (Fsp3) is 0.533. The van der Waals surface area contributed by atoms with Crippen molar-refractivity contribution in [1.29, 1.82) is 0 Å². The average Bonchev–Trinajstić information content (AvgIpc) is 2.35. The van der Waals surface area contributed by atoms with Gasteiger partial charge in [-0.15, -0.1) is 0 Å². The molecular formula is C15H23BrN2OS. The van der Waals surface area contributed by atoms with Gasteiger partial charge in [0.25, 0.3) is 0 Å². The molecule has 3 nitrogen and oxygen atoms in total. The Bertz CT molecular complexity index is 451. The summed E-state index contributed by atoms with van der Waals surface area (Å²) in [5.74, 6) is 1.47. The van der Waals surface area contributed by atoms with Gasteiger partial charge in [-0.05, 0) is 39.5 Å². The monoisotopic (exact) mass is 358 g/mol. The van der Waals surface area contributed by atoms with Gasteiger partial charge in [0.1, 0.15) is 5.75 Å². The van der Waals surface area contributed by atoms with Crippen LogP contribution in [-0.2, 0) is 6.54 Å². The standard InChI is InChI=1S/C15H23BrN2OS/c1-11(2)9-18(7-6-15(17)20)10-12-4-5-14(19-3)13(16)8-12/h4-5,8,11H,6-7,9-10H2,1-3H3,(H2,17,20). The van der Waals surface area contributed by atoms with Crippen molar-refractivity contribution in [3.8, 4) is 5.75 Å². The van der Waals surface area contributed by atoms with Crippen LogP contribution in [0.1, 0.15) is 25.8 Å². The molecule has 0 aliphatic heterocycles. The molecule has 20 heavy (non-hydrogen) atoms. The zero-order valence-electron chi connectivity index (χ0n) is 12.4. The number of nitrogens with zero attached hydrogens (tertiary/aromatic N) is 1. The van der Waals surface area contributed by atoms with E-state index in [4.69, 9.17) is 22.7 Å². The van der Waals surface area contributed by atoms with E-state index in [0.29, 0.717) is 10.9 Å². The van der Waals surface area contributed by atoms with Crippen molar-refractivity contribution in [2.45, 2.75) is 26.8 Å². The molecule has 0 bridgehead atoms. The summed E-state index contributed by atoms with van der Waals surface area (Å²) in [5, 5.41) is 0. The van der Waals surface area contributed by atoms with Gasteiger partial charge in [-0.3, -0.25) is 4.90 Å². The number of halogens is 1. The molecule has 0 unspecified atom stereocenters. The molecule has 1 aromatic rings. The highest BCUT2D eigenvalue weighted by molar-refractivity contribution is 9.10. The quantitative estimate of drug-likeness (QED) is 0.720. The van der Waals surface area contributed by atoms with E-state index in [0.717, 1.165) is 36.3 Å². The van der Waals surface area contributed by atoms with E-state index < -0.39 is 0 Å². The fourth-order valence-electron chi connectivity index (χ4n) is 2.09. The number of nitrogens with two attached hydrogens (primary N) is 1. The molecule has 2 N–H and O–H groups in total. The van der Waals surface area contributed by atoms with E-state index in [-0.39, 0.29) is 0 Å². The fourth-order valence-corrected chi connectivity index (χ4v) is 2.77. The third kappa shape index (κ3) is 6.20. The first kappa shape index (κ1) is 17.4. The second-order valence-corrected chi connectivity index (χ2v) is 6.69. The highest BCUT2D eigenvalue weighted by Crippen LogP contribution is 2.26. The smallest absolute Gasteiger partial charge is 0.133 e. The van der Waals surface area contributed by atoms with Gasteiger partial charge in [0.15, 0.2) is 0 Å². The van der Waals surface area contributed by atoms with Crippen LogP contribution in [-0.4, -0.2) is 30.1 Å². The first-order valence-corrected chi connectivity index (χ1v) is 7.95. The molecule has 0 saturated heterocycles. The van der Waals surface area contributed by atoms with Crippen molar-refractivity contribution < 1.29 is 4.74 Å². The Balaban J connectivity index is 2.72. The first-order chi connectivity index (χ1) is 9.42. The number of hydrogen-bond donors (Lipinski definition) is 1. The second kappa shape index (κ2) is 8.60. The molecule has 0 heterocycles. The van der Waals surface area contributed by atoms with Crippen LogP contribution in [0, 0.1) is 5.92 Å². The molecule has 0 radical (unpaired) electrons. The number of ether oxygens (including phenoxy) is 1. The van der Waals surface area contributed by atoms with Gasteiger partial charge in [-0.25, -0.2) is 0 Å². The molecule has 0 saturated carbocycles. The van der Waals surface area contributed by atoms with E-state index >= 15 is 0 Å².